The lowest BCUT2D eigenvalue weighted by molar-refractivity contribution is 0.0284. The molecular formula is C36H41N3O. The van der Waals surface area contributed by atoms with Crippen LogP contribution in [0.1, 0.15) is 86.6 Å². The summed E-state index contributed by atoms with van der Waals surface area (Å²) in [5.41, 5.74) is 8.16. The molecule has 1 aromatic heterocycles. The van der Waals surface area contributed by atoms with Crippen molar-refractivity contribution in [2.75, 3.05) is 0 Å². The molecule has 5 atom stereocenters. The van der Waals surface area contributed by atoms with Crippen molar-refractivity contribution in [3.63, 3.8) is 0 Å². The molecule has 0 unspecified atom stereocenters. The van der Waals surface area contributed by atoms with Crippen molar-refractivity contribution in [3.8, 4) is 17.0 Å². The predicted molar refractivity (Wildman–Crippen MR) is 160 cm³/mol. The van der Waals surface area contributed by atoms with Gasteiger partial charge >= 0.3 is 0 Å². The number of benzene rings is 3. The molecule has 4 nitrogen and oxygen atoms in total. The number of fused-ring (bicyclic) bond motifs is 5. The molecule has 0 N–H and O–H groups in total. The van der Waals surface area contributed by atoms with Gasteiger partial charge in [0.25, 0.3) is 0 Å². The van der Waals surface area contributed by atoms with Crippen LogP contribution in [0.2, 0.25) is 0 Å². The van der Waals surface area contributed by atoms with Crippen molar-refractivity contribution in [1.29, 1.82) is 0 Å². The highest BCUT2D eigenvalue weighted by Crippen LogP contribution is 2.64. The molecule has 0 radical (unpaired) electrons. The van der Waals surface area contributed by atoms with Crippen LogP contribution in [0.4, 0.5) is 0 Å². The Bertz CT molecular complexity index is 1460. The highest BCUT2D eigenvalue weighted by Gasteiger charge is 2.55. The van der Waals surface area contributed by atoms with Crippen LogP contribution < -0.4 is 4.74 Å². The van der Waals surface area contributed by atoms with Gasteiger partial charge in [-0.1, -0.05) is 86.1 Å². The summed E-state index contributed by atoms with van der Waals surface area (Å²) in [5, 5.41) is 9.34. The third-order valence-corrected chi connectivity index (χ3v) is 10.5. The van der Waals surface area contributed by atoms with Crippen LogP contribution in [0, 0.1) is 17.3 Å². The minimum atomic E-state index is 0.285. The number of aryl methyl sites for hydroxylation is 2. The van der Waals surface area contributed by atoms with Gasteiger partial charge in [0.15, 0.2) is 0 Å². The maximum absolute atomic E-state index is 6.18. The van der Waals surface area contributed by atoms with Gasteiger partial charge in [0.05, 0.1) is 12.2 Å². The van der Waals surface area contributed by atoms with Gasteiger partial charge in [0, 0.05) is 5.56 Å². The fraction of sp³-hybridized carbons (Fsp3) is 0.444. The Hall–Kier alpha value is -3.40. The molecule has 7 rings (SSSR count). The first kappa shape index (κ1) is 25.6. The highest BCUT2D eigenvalue weighted by molar-refractivity contribution is 5.58. The molecule has 0 spiro atoms. The van der Waals surface area contributed by atoms with E-state index in [1.807, 2.05) is 0 Å². The summed E-state index contributed by atoms with van der Waals surface area (Å²) in [4.78, 5) is 0. The molecule has 3 aromatic carbocycles. The first-order chi connectivity index (χ1) is 19.6. The third kappa shape index (κ3) is 4.56. The number of hydrogen-bond acceptors (Lipinski definition) is 3. The van der Waals surface area contributed by atoms with Crippen LogP contribution in [0.5, 0.6) is 5.75 Å². The van der Waals surface area contributed by atoms with Crippen LogP contribution in [0.25, 0.3) is 11.3 Å². The van der Waals surface area contributed by atoms with E-state index in [0.29, 0.717) is 18.6 Å². The lowest BCUT2D eigenvalue weighted by Gasteiger charge is -2.50. The zero-order chi connectivity index (χ0) is 27.1. The molecule has 4 heteroatoms. The van der Waals surface area contributed by atoms with Gasteiger partial charge in [-0.25, -0.2) is 4.68 Å². The molecule has 4 aromatic rings. The zero-order valence-electron chi connectivity index (χ0n) is 23.9. The molecule has 40 heavy (non-hydrogen) atoms. The fourth-order valence-corrected chi connectivity index (χ4v) is 8.49. The summed E-state index contributed by atoms with van der Waals surface area (Å²) >= 11 is 0. The zero-order valence-corrected chi connectivity index (χ0v) is 23.9. The lowest BCUT2D eigenvalue weighted by Crippen LogP contribution is -2.42. The Morgan fingerprint density at radius 3 is 2.60 bits per heavy atom. The molecular weight excluding hydrogens is 490 g/mol. The van der Waals surface area contributed by atoms with E-state index in [0.717, 1.165) is 36.1 Å². The van der Waals surface area contributed by atoms with Crippen molar-refractivity contribution in [3.05, 3.63) is 101 Å². The topological polar surface area (TPSA) is 39.9 Å². The summed E-state index contributed by atoms with van der Waals surface area (Å²) in [7, 11) is 0. The van der Waals surface area contributed by atoms with Crippen molar-refractivity contribution >= 4 is 0 Å². The average Bonchev–Trinajstić information content (AvgIpc) is 3.61. The van der Waals surface area contributed by atoms with Crippen LogP contribution in [-0.2, 0) is 19.4 Å². The smallest absolute Gasteiger partial charge is 0.120 e. The summed E-state index contributed by atoms with van der Waals surface area (Å²) in [6.07, 6.45) is 12.0. The molecule has 2 fully saturated rings. The largest absolute Gasteiger partial charge is 0.489 e. The first-order valence-electron chi connectivity index (χ1n) is 15.4. The van der Waals surface area contributed by atoms with Crippen LogP contribution in [-0.4, -0.2) is 15.0 Å². The quantitative estimate of drug-likeness (QED) is 0.240. The summed E-state index contributed by atoms with van der Waals surface area (Å²) < 4.78 is 8.40. The molecule has 206 valence electrons. The Labute approximate surface area is 238 Å². The average molecular weight is 532 g/mol. The highest BCUT2D eigenvalue weighted by atomic mass is 16.5. The van der Waals surface area contributed by atoms with E-state index in [1.54, 1.807) is 5.56 Å². The molecule has 0 aliphatic heterocycles. The SMILES string of the molecule is CCCc1ccc(-c2cn([C@@H]3CC[C@H]4[C@@H]5CCc6cc(OCc7ccccc7)ccc6[C@H]5CC[C@@]43C)nn2)cc1. The van der Waals surface area contributed by atoms with Gasteiger partial charge in [-0.05, 0) is 103 Å². The Balaban J connectivity index is 1.06. The number of aromatic nitrogens is 3. The van der Waals surface area contributed by atoms with Gasteiger partial charge in [-0.15, -0.1) is 5.10 Å². The van der Waals surface area contributed by atoms with Crippen molar-refractivity contribution in [1.82, 2.24) is 15.0 Å². The fourth-order valence-electron chi connectivity index (χ4n) is 8.49. The van der Waals surface area contributed by atoms with Crippen molar-refractivity contribution < 1.29 is 4.74 Å². The second kappa shape index (κ2) is 10.5. The Morgan fingerprint density at radius 1 is 0.925 bits per heavy atom. The van der Waals surface area contributed by atoms with E-state index in [2.05, 4.69) is 103 Å². The van der Waals surface area contributed by atoms with Gasteiger partial charge in [0.1, 0.15) is 18.1 Å². The van der Waals surface area contributed by atoms with E-state index in [9.17, 15) is 0 Å². The molecule has 3 aliphatic carbocycles. The Morgan fingerprint density at radius 2 is 1.77 bits per heavy atom. The third-order valence-electron chi connectivity index (χ3n) is 10.5. The van der Waals surface area contributed by atoms with Crippen LogP contribution >= 0.6 is 0 Å². The summed E-state index contributed by atoms with van der Waals surface area (Å²) in [6, 6.07) is 26.7. The standard InChI is InChI=1S/C36H41N3O/c1-3-7-25-10-12-27(13-11-25)34-23-39(38-37-34)35-19-18-33-32-16-14-28-22-29(40-24-26-8-5-4-6-9-26)15-17-30(28)31(32)20-21-36(33,35)2/h4-6,8-13,15,17,22-23,31-33,35H,3,7,14,16,18-21,24H2,1-2H3/t31-,32-,33+,35-,36+/m1/s1. The van der Waals surface area contributed by atoms with Crippen LogP contribution in [0.15, 0.2) is 79.0 Å². The predicted octanol–water partition coefficient (Wildman–Crippen LogP) is 8.57. The second-order valence-electron chi connectivity index (χ2n) is 12.7. The van der Waals surface area contributed by atoms with Crippen molar-refractivity contribution in [2.24, 2.45) is 17.3 Å². The van der Waals surface area contributed by atoms with E-state index in [-0.39, 0.29) is 5.41 Å². The number of nitrogens with zero attached hydrogens (tertiary/aromatic N) is 3. The Kier molecular flexibility index (Phi) is 6.73. The van der Waals surface area contributed by atoms with Gasteiger partial charge < -0.3 is 4.74 Å². The first-order valence-corrected chi connectivity index (χ1v) is 15.4. The number of rotatable bonds is 7. The summed E-state index contributed by atoms with van der Waals surface area (Å²) in [5.74, 6) is 3.20. The second-order valence-corrected chi connectivity index (χ2v) is 12.7. The number of ether oxygens (including phenoxy) is 1. The molecule has 0 bridgehead atoms. The molecule has 1 heterocycles. The monoisotopic (exact) mass is 531 g/mol. The minimum Gasteiger partial charge on any atom is -0.489 e. The van der Waals surface area contributed by atoms with Gasteiger partial charge in [-0.3, -0.25) is 0 Å². The lowest BCUT2D eigenvalue weighted by atomic mass is 9.55. The molecule has 2 saturated carbocycles. The van der Waals surface area contributed by atoms with Crippen LogP contribution in [0.3, 0.4) is 0 Å². The maximum Gasteiger partial charge on any atom is 0.120 e. The minimum absolute atomic E-state index is 0.285. The maximum atomic E-state index is 6.18. The van der Waals surface area contributed by atoms with E-state index < -0.39 is 0 Å². The van der Waals surface area contributed by atoms with E-state index >= 15 is 0 Å². The summed E-state index contributed by atoms with van der Waals surface area (Å²) in [6.45, 7) is 5.41. The molecule has 0 saturated heterocycles. The number of hydrogen-bond donors (Lipinski definition) is 0. The van der Waals surface area contributed by atoms with Gasteiger partial charge in [-0.2, -0.15) is 0 Å². The van der Waals surface area contributed by atoms with E-state index in [1.165, 1.54) is 60.8 Å². The normalized spacial score (nSPS) is 27.1. The molecule has 0 amide bonds. The van der Waals surface area contributed by atoms with Crippen molar-refractivity contribution in [2.45, 2.75) is 83.8 Å². The molecule has 3 aliphatic rings. The van der Waals surface area contributed by atoms with E-state index in [4.69, 9.17) is 9.95 Å². The van der Waals surface area contributed by atoms with Gasteiger partial charge in [0.2, 0.25) is 0 Å².